The van der Waals surface area contributed by atoms with Crippen molar-refractivity contribution in [3.05, 3.63) is 18.0 Å². The van der Waals surface area contributed by atoms with Crippen LogP contribution in [-0.2, 0) is 14.3 Å². The van der Waals surface area contributed by atoms with Crippen molar-refractivity contribution in [2.24, 2.45) is 11.8 Å². The quantitative estimate of drug-likeness (QED) is 0.690. The summed E-state index contributed by atoms with van der Waals surface area (Å²) in [5.74, 6) is -1.26. The van der Waals surface area contributed by atoms with Crippen LogP contribution in [-0.4, -0.2) is 42.1 Å². The van der Waals surface area contributed by atoms with Crippen LogP contribution in [0.2, 0.25) is 0 Å². The van der Waals surface area contributed by atoms with Gasteiger partial charge in [-0.1, -0.05) is 20.8 Å². The maximum atomic E-state index is 12.5. The number of carbonyl (C=O) groups excluding carboxylic acids is 3. The molecule has 0 aliphatic carbocycles. The molecule has 0 aromatic carbocycles. The normalized spacial score (nSPS) is 14.1. The van der Waals surface area contributed by atoms with Crippen molar-refractivity contribution in [2.75, 3.05) is 7.11 Å². The van der Waals surface area contributed by atoms with E-state index in [-0.39, 0.29) is 29.2 Å². The third-order valence-corrected chi connectivity index (χ3v) is 4.34. The summed E-state index contributed by atoms with van der Waals surface area (Å²) in [5, 5.41) is 2.51. The second-order valence-electron chi connectivity index (χ2n) is 6.72. The third kappa shape index (κ3) is 6.23. The molecule has 8 nitrogen and oxygen atoms in total. The Morgan fingerprint density at radius 2 is 1.74 bits per heavy atom. The van der Waals surface area contributed by atoms with Crippen LogP contribution in [0.5, 0.6) is 11.5 Å². The fraction of sp³-hybridized carbons (Fsp3) is 0.579. The molecule has 1 rings (SSSR count). The monoisotopic (exact) mass is 380 g/mol. The van der Waals surface area contributed by atoms with Gasteiger partial charge < -0.3 is 19.5 Å². The van der Waals surface area contributed by atoms with Crippen LogP contribution in [0.15, 0.2) is 12.3 Å². The zero-order valence-corrected chi connectivity index (χ0v) is 16.9. The van der Waals surface area contributed by atoms with Gasteiger partial charge in [0.25, 0.3) is 5.91 Å². The molecule has 0 unspecified atom stereocenters. The molecule has 1 heterocycles. The Kier molecular flexibility index (Phi) is 8.21. The molecule has 1 N–H and O–H groups in total. The predicted molar refractivity (Wildman–Crippen MR) is 98.6 cm³/mol. The third-order valence-electron chi connectivity index (χ3n) is 4.34. The van der Waals surface area contributed by atoms with Crippen LogP contribution in [0, 0.1) is 11.8 Å². The lowest BCUT2D eigenvalue weighted by Gasteiger charge is -2.25. The molecule has 0 radical (unpaired) electrons. The van der Waals surface area contributed by atoms with E-state index >= 15 is 0 Å². The van der Waals surface area contributed by atoms with Crippen molar-refractivity contribution in [2.45, 2.75) is 53.7 Å². The first kappa shape index (κ1) is 22.4. The first-order valence-electron chi connectivity index (χ1n) is 8.81. The Hall–Kier alpha value is -2.64. The van der Waals surface area contributed by atoms with Gasteiger partial charge in [-0.2, -0.15) is 0 Å². The molecular formula is C19H28N2O6. The van der Waals surface area contributed by atoms with Gasteiger partial charge >= 0.3 is 11.9 Å². The summed E-state index contributed by atoms with van der Waals surface area (Å²) in [4.78, 5) is 40.1. The number of aromatic nitrogens is 1. The van der Waals surface area contributed by atoms with E-state index in [1.165, 1.54) is 33.2 Å². The van der Waals surface area contributed by atoms with Gasteiger partial charge in [0.2, 0.25) is 5.75 Å². The second-order valence-corrected chi connectivity index (χ2v) is 6.72. The minimum absolute atomic E-state index is 0.104. The maximum Gasteiger partial charge on any atom is 0.328 e. The number of hydrogen-bond donors (Lipinski definition) is 1. The summed E-state index contributed by atoms with van der Waals surface area (Å²) in [6.45, 7) is 10.6. The van der Waals surface area contributed by atoms with Gasteiger partial charge in [0.1, 0.15) is 12.1 Å². The zero-order chi connectivity index (χ0) is 20.7. The highest BCUT2D eigenvalue weighted by Gasteiger charge is 2.27. The van der Waals surface area contributed by atoms with Crippen LogP contribution in [0.1, 0.15) is 52.0 Å². The van der Waals surface area contributed by atoms with Gasteiger partial charge in [-0.05, 0) is 25.7 Å². The number of ether oxygens (including phenoxy) is 3. The van der Waals surface area contributed by atoms with E-state index in [0.29, 0.717) is 5.92 Å². The summed E-state index contributed by atoms with van der Waals surface area (Å²) in [6.07, 6.45) is 1.05. The first-order valence-corrected chi connectivity index (χ1v) is 8.81. The van der Waals surface area contributed by atoms with Gasteiger partial charge in [0.15, 0.2) is 11.4 Å². The fourth-order valence-electron chi connectivity index (χ4n) is 2.25. The van der Waals surface area contributed by atoms with Crippen molar-refractivity contribution >= 4 is 17.8 Å². The largest absolute Gasteiger partial charge is 0.493 e. The average molecular weight is 380 g/mol. The number of methoxy groups -OCH3 is 1. The zero-order valence-electron chi connectivity index (χ0n) is 16.9. The van der Waals surface area contributed by atoms with Crippen LogP contribution in [0.3, 0.4) is 0 Å². The van der Waals surface area contributed by atoms with E-state index in [4.69, 9.17) is 14.2 Å². The summed E-state index contributed by atoms with van der Waals surface area (Å²) in [7, 11) is 1.38. The Morgan fingerprint density at radius 1 is 1.11 bits per heavy atom. The predicted octanol–water partition coefficient (Wildman–Crippen LogP) is 2.36. The van der Waals surface area contributed by atoms with Crippen molar-refractivity contribution < 1.29 is 28.6 Å². The average Bonchev–Trinajstić information content (AvgIpc) is 2.60. The standard InChI is InChI=1S/C19H28N2O6/c1-10(2)11(3)13(5)26-19(24)12(4)21-18(23)16-17(27-14(6)22)15(25-7)8-9-20-16/h8-13H,1-7H3,(H,21,23)/t11-,12+,13+/m1/s1. The van der Waals surface area contributed by atoms with E-state index in [1.807, 2.05) is 27.7 Å². The van der Waals surface area contributed by atoms with Gasteiger partial charge in [0, 0.05) is 19.2 Å². The highest BCUT2D eigenvalue weighted by molar-refractivity contribution is 5.98. The minimum atomic E-state index is -0.905. The molecular weight excluding hydrogens is 352 g/mol. The SMILES string of the molecule is COc1ccnc(C(=O)N[C@@H](C)C(=O)O[C@@H](C)[C@H](C)C(C)C)c1OC(C)=O. The van der Waals surface area contributed by atoms with Crippen LogP contribution in [0.25, 0.3) is 0 Å². The van der Waals surface area contributed by atoms with Crippen molar-refractivity contribution in [3.63, 3.8) is 0 Å². The number of amides is 1. The lowest BCUT2D eigenvalue weighted by molar-refractivity contribution is -0.153. The number of nitrogens with zero attached hydrogens (tertiary/aromatic N) is 1. The van der Waals surface area contributed by atoms with E-state index in [9.17, 15) is 14.4 Å². The highest BCUT2D eigenvalue weighted by Crippen LogP contribution is 2.29. The summed E-state index contributed by atoms with van der Waals surface area (Å²) in [5.41, 5.74) is -0.159. The number of nitrogens with one attached hydrogen (secondary N) is 1. The Bertz CT molecular complexity index is 689. The molecule has 1 aromatic rings. The lowest BCUT2D eigenvalue weighted by Crippen LogP contribution is -2.42. The molecule has 27 heavy (non-hydrogen) atoms. The Labute approximate surface area is 159 Å². The molecule has 0 aliphatic rings. The molecule has 0 saturated heterocycles. The summed E-state index contributed by atoms with van der Waals surface area (Å²) >= 11 is 0. The molecule has 1 amide bonds. The summed E-state index contributed by atoms with van der Waals surface area (Å²) in [6, 6.07) is 0.555. The Morgan fingerprint density at radius 3 is 2.26 bits per heavy atom. The van der Waals surface area contributed by atoms with Gasteiger partial charge in [-0.3, -0.25) is 9.59 Å². The molecule has 0 fully saturated rings. The molecule has 0 saturated carbocycles. The fourth-order valence-corrected chi connectivity index (χ4v) is 2.25. The van der Waals surface area contributed by atoms with Crippen molar-refractivity contribution in [3.8, 4) is 11.5 Å². The highest BCUT2D eigenvalue weighted by atomic mass is 16.6. The van der Waals surface area contributed by atoms with Gasteiger partial charge in [-0.25, -0.2) is 9.78 Å². The summed E-state index contributed by atoms with van der Waals surface area (Å²) < 4.78 is 15.6. The molecule has 3 atom stereocenters. The number of pyridine rings is 1. The number of hydrogen-bond acceptors (Lipinski definition) is 7. The van der Waals surface area contributed by atoms with Crippen molar-refractivity contribution in [1.82, 2.24) is 10.3 Å². The molecule has 0 aliphatic heterocycles. The minimum Gasteiger partial charge on any atom is -0.493 e. The topological polar surface area (TPSA) is 104 Å². The first-order chi connectivity index (χ1) is 12.6. The van der Waals surface area contributed by atoms with Crippen LogP contribution >= 0.6 is 0 Å². The molecule has 1 aromatic heterocycles. The van der Waals surface area contributed by atoms with Crippen LogP contribution < -0.4 is 14.8 Å². The number of carbonyl (C=O) groups is 3. The number of esters is 2. The van der Waals surface area contributed by atoms with Gasteiger partial charge in [0.05, 0.1) is 7.11 Å². The van der Waals surface area contributed by atoms with Gasteiger partial charge in [-0.15, -0.1) is 0 Å². The smallest absolute Gasteiger partial charge is 0.328 e. The van der Waals surface area contributed by atoms with E-state index < -0.39 is 23.9 Å². The van der Waals surface area contributed by atoms with Crippen molar-refractivity contribution in [1.29, 1.82) is 0 Å². The molecule has 0 bridgehead atoms. The lowest BCUT2D eigenvalue weighted by atomic mass is 9.93. The molecule has 8 heteroatoms. The van der Waals surface area contributed by atoms with E-state index in [1.54, 1.807) is 0 Å². The molecule has 150 valence electrons. The van der Waals surface area contributed by atoms with E-state index in [0.717, 1.165) is 0 Å². The number of rotatable bonds is 8. The maximum absolute atomic E-state index is 12.5. The second kappa shape index (κ2) is 9.89. The van der Waals surface area contributed by atoms with E-state index in [2.05, 4.69) is 10.3 Å². The Balaban J connectivity index is 2.89. The molecule has 0 spiro atoms. The van der Waals surface area contributed by atoms with Crippen LogP contribution in [0.4, 0.5) is 0 Å².